The molecular weight excluding hydrogens is 152 g/mol. The Kier molecular flexibility index (Phi) is 1.67. The Morgan fingerprint density at radius 1 is 1.58 bits per heavy atom. The van der Waals surface area contributed by atoms with E-state index in [1.165, 1.54) is 12.8 Å². The van der Waals surface area contributed by atoms with Gasteiger partial charge in [0.1, 0.15) is 0 Å². The van der Waals surface area contributed by atoms with Gasteiger partial charge < -0.3 is 4.74 Å². The standard InChI is InChI=1S/C10H16O2/c1-3-12-9(11)8-6-10(8,2)7-4-5-7/h7-8H,3-6H2,1-2H3/t8-,10+/m0/s1. The molecule has 2 heteroatoms. The van der Waals surface area contributed by atoms with Crippen LogP contribution >= 0.6 is 0 Å². The first-order chi connectivity index (χ1) is 5.68. The molecule has 68 valence electrons. The quantitative estimate of drug-likeness (QED) is 0.602. The molecule has 0 aromatic carbocycles. The summed E-state index contributed by atoms with van der Waals surface area (Å²) < 4.78 is 5.00. The van der Waals surface area contributed by atoms with Crippen molar-refractivity contribution in [2.75, 3.05) is 6.61 Å². The lowest BCUT2D eigenvalue weighted by Crippen LogP contribution is -2.12. The van der Waals surface area contributed by atoms with E-state index in [9.17, 15) is 4.79 Å². The Bertz CT molecular complexity index is 208. The maximum atomic E-state index is 11.3. The summed E-state index contributed by atoms with van der Waals surface area (Å²) in [7, 11) is 0. The van der Waals surface area contributed by atoms with Gasteiger partial charge in [-0.15, -0.1) is 0 Å². The summed E-state index contributed by atoms with van der Waals surface area (Å²) in [6.45, 7) is 4.62. The van der Waals surface area contributed by atoms with Crippen molar-refractivity contribution >= 4 is 5.97 Å². The molecule has 0 unspecified atom stereocenters. The molecule has 0 aliphatic heterocycles. The van der Waals surface area contributed by atoms with E-state index in [1.807, 2.05) is 6.92 Å². The van der Waals surface area contributed by atoms with Crippen molar-refractivity contribution in [1.29, 1.82) is 0 Å². The number of hydrogen-bond acceptors (Lipinski definition) is 2. The second-order valence-corrected chi connectivity index (χ2v) is 4.29. The van der Waals surface area contributed by atoms with Gasteiger partial charge in [0.2, 0.25) is 0 Å². The first-order valence-electron chi connectivity index (χ1n) is 4.85. The van der Waals surface area contributed by atoms with Gasteiger partial charge in [0, 0.05) is 0 Å². The summed E-state index contributed by atoms with van der Waals surface area (Å²) >= 11 is 0. The van der Waals surface area contributed by atoms with Crippen LogP contribution in [-0.4, -0.2) is 12.6 Å². The molecule has 0 radical (unpaired) electrons. The molecule has 2 rings (SSSR count). The Balaban J connectivity index is 1.89. The maximum absolute atomic E-state index is 11.3. The van der Waals surface area contributed by atoms with Gasteiger partial charge >= 0.3 is 5.97 Å². The number of esters is 1. The minimum absolute atomic E-state index is 0.0342. The predicted octanol–water partition coefficient (Wildman–Crippen LogP) is 1.99. The third kappa shape index (κ3) is 1.13. The highest BCUT2D eigenvalue weighted by Gasteiger charge is 2.62. The van der Waals surface area contributed by atoms with Crippen LogP contribution in [0.5, 0.6) is 0 Å². The lowest BCUT2D eigenvalue weighted by molar-refractivity contribution is -0.145. The molecule has 2 saturated carbocycles. The molecule has 0 N–H and O–H groups in total. The van der Waals surface area contributed by atoms with Gasteiger partial charge in [0.15, 0.2) is 0 Å². The second kappa shape index (κ2) is 2.48. The van der Waals surface area contributed by atoms with Crippen molar-refractivity contribution in [3.8, 4) is 0 Å². The number of carbonyl (C=O) groups excluding carboxylic acids is 1. The third-order valence-electron chi connectivity index (χ3n) is 3.36. The van der Waals surface area contributed by atoms with E-state index in [4.69, 9.17) is 4.74 Å². The van der Waals surface area contributed by atoms with Gasteiger partial charge in [-0.2, -0.15) is 0 Å². The monoisotopic (exact) mass is 168 g/mol. The van der Waals surface area contributed by atoms with Crippen LogP contribution in [0.25, 0.3) is 0 Å². The third-order valence-corrected chi connectivity index (χ3v) is 3.36. The lowest BCUT2D eigenvalue weighted by atomic mass is 10.0. The molecule has 2 aliphatic rings. The summed E-state index contributed by atoms with van der Waals surface area (Å²) in [5.41, 5.74) is 0.326. The van der Waals surface area contributed by atoms with E-state index in [1.54, 1.807) is 0 Å². The van der Waals surface area contributed by atoms with Crippen molar-refractivity contribution in [2.24, 2.45) is 17.3 Å². The van der Waals surface area contributed by atoms with Crippen LogP contribution in [0.15, 0.2) is 0 Å². The Labute approximate surface area is 73.3 Å². The molecule has 2 nitrogen and oxygen atoms in total. The van der Waals surface area contributed by atoms with Crippen molar-refractivity contribution in [3.05, 3.63) is 0 Å². The van der Waals surface area contributed by atoms with Crippen LogP contribution in [0.4, 0.5) is 0 Å². The lowest BCUT2D eigenvalue weighted by Gasteiger charge is -2.07. The summed E-state index contributed by atoms with van der Waals surface area (Å²) in [6.07, 6.45) is 3.72. The van der Waals surface area contributed by atoms with Crippen LogP contribution in [-0.2, 0) is 9.53 Å². The average molecular weight is 168 g/mol. The minimum Gasteiger partial charge on any atom is -0.466 e. The number of carbonyl (C=O) groups is 1. The Morgan fingerprint density at radius 3 is 2.75 bits per heavy atom. The summed E-state index contributed by atoms with van der Waals surface area (Å²) in [4.78, 5) is 11.3. The minimum atomic E-state index is 0.0342. The predicted molar refractivity (Wildman–Crippen MR) is 45.6 cm³/mol. The van der Waals surface area contributed by atoms with Gasteiger partial charge in [-0.05, 0) is 37.5 Å². The summed E-state index contributed by atoms with van der Waals surface area (Å²) in [6, 6.07) is 0. The fraction of sp³-hybridized carbons (Fsp3) is 0.900. The summed E-state index contributed by atoms with van der Waals surface area (Å²) in [5, 5.41) is 0. The van der Waals surface area contributed by atoms with Gasteiger partial charge in [-0.25, -0.2) is 0 Å². The van der Waals surface area contributed by atoms with E-state index < -0.39 is 0 Å². The molecule has 2 fully saturated rings. The van der Waals surface area contributed by atoms with Gasteiger partial charge in [0.25, 0.3) is 0 Å². The van der Waals surface area contributed by atoms with Crippen molar-refractivity contribution < 1.29 is 9.53 Å². The smallest absolute Gasteiger partial charge is 0.309 e. The fourth-order valence-electron chi connectivity index (χ4n) is 2.17. The van der Waals surface area contributed by atoms with Crippen LogP contribution in [0.2, 0.25) is 0 Å². The first-order valence-corrected chi connectivity index (χ1v) is 4.85. The highest BCUT2D eigenvalue weighted by molar-refractivity contribution is 5.77. The largest absolute Gasteiger partial charge is 0.466 e. The molecule has 0 saturated heterocycles. The maximum Gasteiger partial charge on any atom is 0.309 e. The zero-order chi connectivity index (χ0) is 8.77. The van der Waals surface area contributed by atoms with Crippen LogP contribution in [0.3, 0.4) is 0 Å². The molecule has 0 amide bonds. The van der Waals surface area contributed by atoms with Crippen LogP contribution < -0.4 is 0 Å². The topological polar surface area (TPSA) is 26.3 Å². The molecule has 0 spiro atoms. The molecule has 12 heavy (non-hydrogen) atoms. The number of rotatable bonds is 3. The fourth-order valence-corrected chi connectivity index (χ4v) is 2.17. The molecule has 2 atom stereocenters. The SMILES string of the molecule is CCOC(=O)[C@@H]1C[C@]1(C)C1CC1. The normalized spacial score (nSPS) is 39.3. The van der Waals surface area contributed by atoms with E-state index in [-0.39, 0.29) is 11.9 Å². The van der Waals surface area contributed by atoms with E-state index in [0.717, 1.165) is 12.3 Å². The van der Waals surface area contributed by atoms with Gasteiger partial charge in [0.05, 0.1) is 12.5 Å². The van der Waals surface area contributed by atoms with Crippen molar-refractivity contribution in [3.63, 3.8) is 0 Å². The van der Waals surface area contributed by atoms with Crippen molar-refractivity contribution in [1.82, 2.24) is 0 Å². The molecule has 0 aromatic rings. The molecule has 0 aromatic heterocycles. The zero-order valence-electron chi connectivity index (χ0n) is 7.80. The zero-order valence-corrected chi connectivity index (χ0v) is 7.80. The molecule has 0 bridgehead atoms. The molecule has 2 aliphatic carbocycles. The molecular formula is C10H16O2. The van der Waals surface area contributed by atoms with Crippen LogP contribution in [0.1, 0.15) is 33.1 Å². The van der Waals surface area contributed by atoms with E-state index in [0.29, 0.717) is 12.0 Å². The highest BCUT2D eigenvalue weighted by atomic mass is 16.5. The number of ether oxygens (including phenoxy) is 1. The Hall–Kier alpha value is -0.530. The van der Waals surface area contributed by atoms with Gasteiger partial charge in [-0.1, -0.05) is 6.92 Å². The number of hydrogen-bond donors (Lipinski definition) is 0. The van der Waals surface area contributed by atoms with E-state index in [2.05, 4.69) is 6.92 Å². The average Bonchev–Trinajstić information content (AvgIpc) is 2.77. The van der Waals surface area contributed by atoms with Crippen LogP contribution in [0, 0.1) is 17.3 Å². The first kappa shape index (κ1) is 8.09. The van der Waals surface area contributed by atoms with Gasteiger partial charge in [-0.3, -0.25) is 4.79 Å². The Morgan fingerprint density at radius 2 is 2.25 bits per heavy atom. The van der Waals surface area contributed by atoms with E-state index >= 15 is 0 Å². The highest BCUT2D eigenvalue weighted by Crippen LogP contribution is 2.65. The summed E-state index contributed by atoms with van der Waals surface area (Å²) in [5.74, 6) is 1.09. The van der Waals surface area contributed by atoms with Crippen molar-refractivity contribution in [2.45, 2.75) is 33.1 Å². The second-order valence-electron chi connectivity index (χ2n) is 4.29. The molecule has 0 heterocycles.